The molecule has 0 heterocycles. The second-order valence-corrected chi connectivity index (χ2v) is 39.3. The summed E-state index contributed by atoms with van der Waals surface area (Å²) in [5.41, 5.74) is 43.1. The lowest BCUT2D eigenvalue weighted by atomic mass is 9.81. The number of rotatable bonds is 20. The van der Waals surface area contributed by atoms with Crippen LogP contribution in [0.1, 0.15) is 49.9 Å². The van der Waals surface area contributed by atoms with Crippen LogP contribution in [-0.4, -0.2) is 0 Å². The first kappa shape index (κ1) is 88.9. The third kappa shape index (κ3) is 16.3. The first-order valence-electron chi connectivity index (χ1n) is 50.7. The molecule has 0 aliphatic heterocycles. The molecule has 0 radical (unpaired) electrons. The highest BCUT2D eigenvalue weighted by atomic mass is 15.2. The van der Waals surface area contributed by atoms with E-state index in [4.69, 9.17) is 0 Å². The van der Waals surface area contributed by atoms with Crippen LogP contribution in [-0.2, 0) is 10.8 Å². The highest BCUT2D eigenvalue weighted by molar-refractivity contribution is 6.25. The van der Waals surface area contributed by atoms with Crippen molar-refractivity contribution in [3.8, 4) is 111 Å². The molecular weight excluding hydrogens is 1760 g/mol. The second-order valence-electron chi connectivity index (χ2n) is 39.3. The van der Waals surface area contributed by atoms with Gasteiger partial charge in [0.15, 0.2) is 0 Å². The van der Waals surface area contributed by atoms with Gasteiger partial charge in [-0.25, -0.2) is 0 Å². The summed E-state index contributed by atoms with van der Waals surface area (Å²) in [6, 6.07) is 204. The van der Waals surface area contributed by atoms with Crippen molar-refractivity contribution < 1.29 is 0 Å². The van der Waals surface area contributed by atoms with E-state index in [0.717, 1.165) is 68.2 Å². The fourth-order valence-corrected chi connectivity index (χ4v) is 23.0. The van der Waals surface area contributed by atoms with Crippen molar-refractivity contribution in [1.82, 2.24) is 0 Å². The molecule has 0 saturated carbocycles. The van der Waals surface area contributed by atoms with Crippen LogP contribution in [0.5, 0.6) is 0 Å². The van der Waals surface area contributed by atoms with E-state index in [1.807, 2.05) is 0 Å². The van der Waals surface area contributed by atoms with Gasteiger partial charge in [-0.05, 0) is 334 Å². The zero-order valence-corrected chi connectivity index (χ0v) is 81.9. The van der Waals surface area contributed by atoms with Crippen molar-refractivity contribution in [1.29, 1.82) is 0 Å². The Morgan fingerprint density at radius 1 is 0.116 bits per heavy atom. The molecule has 692 valence electrons. The summed E-state index contributed by atoms with van der Waals surface area (Å²) in [7, 11) is 0. The van der Waals surface area contributed by atoms with Crippen LogP contribution in [0.4, 0.5) is 68.2 Å². The molecule has 24 aromatic carbocycles. The Labute approximate surface area is 854 Å². The minimum Gasteiger partial charge on any atom is -0.310 e. The van der Waals surface area contributed by atoms with E-state index in [1.165, 1.54) is 177 Å². The molecule has 2 aliphatic rings. The topological polar surface area (TPSA) is 13.0 Å². The Balaban J connectivity index is 0.000000157. The summed E-state index contributed by atoms with van der Waals surface area (Å²) >= 11 is 0. The largest absolute Gasteiger partial charge is 0.310 e. The molecule has 0 atom stereocenters. The maximum Gasteiger partial charge on any atom is 0.0468 e. The van der Waals surface area contributed by atoms with E-state index < -0.39 is 0 Å². The van der Waals surface area contributed by atoms with Gasteiger partial charge in [0.05, 0.1) is 0 Å². The minimum absolute atomic E-state index is 0.0683. The molecule has 0 N–H and O–H groups in total. The number of fused-ring (bicyclic) bond motifs is 10. The normalized spacial score (nSPS) is 12.4. The fourth-order valence-electron chi connectivity index (χ4n) is 23.0. The lowest BCUT2D eigenvalue weighted by Crippen LogP contribution is -2.14. The van der Waals surface area contributed by atoms with Gasteiger partial charge in [-0.2, -0.15) is 0 Å². The number of para-hydroxylation sites is 4. The van der Waals surface area contributed by atoms with Crippen molar-refractivity contribution in [2.45, 2.75) is 38.5 Å². The summed E-state index contributed by atoms with van der Waals surface area (Å²) in [5.74, 6) is 0. The van der Waals surface area contributed by atoms with E-state index in [2.05, 4.69) is 605 Å². The average molecular weight is 1870 g/mol. The predicted molar refractivity (Wildman–Crippen MR) is 620 cm³/mol. The summed E-state index contributed by atoms with van der Waals surface area (Å²) in [4.78, 5) is 9.56. The van der Waals surface area contributed by atoms with Crippen molar-refractivity contribution in [2.24, 2.45) is 0 Å². The molecule has 0 amide bonds. The molecule has 2 aliphatic carbocycles. The van der Waals surface area contributed by atoms with E-state index in [-0.39, 0.29) is 10.8 Å². The van der Waals surface area contributed by atoms with Crippen LogP contribution in [0.15, 0.2) is 558 Å². The van der Waals surface area contributed by atoms with E-state index in [0.29, 0.717) is 0 Å². The van der Waals surface area contributed by atoms with Crippen LogP contribution in [0, 0.1) is 0 Å². The summed E-state index contributed by atoms with van der Waals surface area (Å²) in [5, 5.41) is 9.56. The SMILES string of the molecule is CC1(C)c2ccccc2-c2ccc(-c3ccc(N(c4ccccc4)c4ccc5c(-c6ccccc6)c6cc(N(c7ccccc7)c7ccc(-c8ccc9c(c8)C(C)(C)c8ccccc8-9)cc7)ccc6c(-c6ccccc6)c5c4)cc3)cc21.c1ccc(-c2ccc(N(c3ccccc3)c3ccc4c(-c5ccccc5)c5cc(N(c6ccccc6)c6ccc(-c7ccccc7)cc6)ccc5c(-c5ccccc5)c4c3)cc2)cc1. The predicted octanol–water partition coefficient (Wildman–Crippen LogP) is 39.8. The zero-order chi connectivity index (χ0) is 97.8. The Morgan fingerprint density at radius 2 is 0.288 bits per heavy atom. The maximum absolute atomic E-state index is 2.43. The van der Waals surface area contributed by atoms with E-state index in [1.54, 1.807) is 0 Å². The molecule has 0 unspecified atom stereocenters. The van der Waals surface area contributed by atoms with Crippen molar-refractivity contribution in [2.75, 3.05) is 19.6 Å². The van der Waals surface area contributed by atoms with Crippen molar-refractivity contribution in [3.05, 3.63) is 580 Å². The van der Waals surface area contributed by atoms with Crippen LogP contribution in [0.3, 0.4) is 0 Å². The molecule has 24 aromatic rings. The molecule has 0 bridgehead atoms. The number of hydrogen-bond donors (Lipinski definition) is 0. The molecule has 26 rings (SSSR count). The third-order valence-electron chi connectivity index (χ3n) is 30.1. The highest BCUT2D eigenvalue weighted by Gasteiger charge is 2.38. The molecule has 4 heteroatoms. The van der Waals surface area contributed by atoms with Crippen LogP contribution < -0.4 is 19.6 Å². The molecule has 0 aromatic heterocycles. The van der Waals surface area contributed by atoms with Gasteiger partial charge in [-0.1, -0.05) is 428 Å². The smallest absolute Gasteiger partial charge is 0.0468 e. The quantitative estimate of drug-likeness (QED) is 0.0705. The fraction of sp³-hybridized carbons (Fsp3) is 0.0423. The Kier molecular flexibility index (Phi) is 23.0. The highest BCUT2D eigenvalue weighted by Crippen LogP contribution is 2.56. The van der Waals surface area contributed by atoms with Crippen molar-refractivity contribution >= 4 is 111 Å². The standard InChI is InChI=1S/C80H60N2.C62H44N2/c1-79(2)73-31-19-17-29-65(73)67-45-37-57(49-75(67)79)53-33-39-61(40-34-53)81(59-25-13-7-14-26-59)63-43-47-69-71(51-63)77(55-21-9-5-10-22-55)70-48-44-64(52-72(70)78(69)56-23-11-6-12-24-56)82(60-27-15-8-16-28-60)62-41-35-54(36-42-62)58-38-46-68-66-30-18-20-32-74(66)80(3,4)76(68)50-58;1-7-19-45(20-8-1)47-31-35-53(36-32-47)63(51-27-15-5-16-28-51)55-39-41-57-59(43-55)61(49-23-11-3-12-24-49)58-42-40-56(44-60(58)62(57)50-25-13-4-14-26-50)64(52-29-17-6-18-30-52)54-37-33-48(34-38-54)46-21-9-2-10-22-46/h5-52H,1-4H3;1-44H. The Morgan fingerprint density at radius 3 is 0.527 bits per heavy atom. The van der Waals surface area contributed by atoms with Crippen LogP contribution >= 0.6 is 0 Å². The second kappa shape index (κ2) is 37.8. The lowest BCUT2D eigenvalue weighted by molar-refractivity contribution is 0.660. The first-order chi connectivity index (χ1) is 71.9. The number of anilines is 12. The monoisotopic (exact) mass is 1860 g/mol. The number of benzene rings is 24. The Hall–Kier alpha value is -18.5. The van der Waals surface area contributed by atoms with E-state index >= 15 is 0 Å². The number of hydrogen-bond acceptors (Lipinski definition) is 4. The van der Waals surface area contributed by atoms with Gasteiger partial charge in [-0.15, -0.1) is 0 Å². The molecule has 0 fully saturated rings. The van der Waals surface area contributed by atoms with Crippen LogP contribution in [0.2, 0.25) is 0 Å². The minimum atomic E-state index is -0.0683. The van der Waals surface area contributed by atoms with Crippen molar-refractivity contribution in [3.63, 3.8) is 0 Å². The molecule has 4 nitrogen and oxygen atoms in total. The summed E-state index contributed by atoms with van der Waals surface area (Å²) in [6.07, 6.45) is 0. The van der Waals surface area contributed by atoms with Gasteiger partial charge in [-0.3, -0.25) is 0 Å². The Bertz CT molecular complexity index is 8410. The van der Waals surface area contributed by atoms with Gasteiger partial charge < -0.3 is 19.6 Å². The molecule has 146 heavy (non-hydrogen) atoms. The summed E-state index contributed by atoms with van der Waals surface area (Å²) in [6.45, 7) is 9.42. The molecule has 0 saturated heterocycles. The molecule has 0 spiro atoms. The lowest BCUT2D eigenvalue weighted by Gasteiger charge is -2.28. The molecular formula is C142H104N4. The third-order valence-corrected chi connectivity index (χ3v) is 30.1. The van der Waals surface area contributed by atoms with Gasteiger partial charge in [0.25, 0.3) is 0 Å². The van der Waals surface area contributed by atoms with Gasteiger partial charge >= 0.3 is 0 Å². The maximum atomic E-state index is 2.43. The summed E-state index contributed by atoms with van der Waals surface area (Å²) < 4.78 is 0. The van der Waals surface area contributed by atoms with Crippen LogP contribution in [0.25, 0.3) is 154 Å². The van der Waals surface area contributed by atoms with Gasteiger partial charge in [0, 0.05) is 79.1 Å². The van der Waals surface area contributed by atoms with E-state index in [9.17, 15) is 0 Å². The zero-order valence-electron chi connectivity index (χ0n) is 81.9. The van der Waals surface area contributed by atoms with Gasteiger partial charge in [0.1, 0.15) is 0 Å². The number of nitrogens with zero attached hydrogens (tertiary/aromatic N) is 4. The van der Waals surface area contributed by atoms with Gasteiger partial charge in [0.2, 0.25) is 0 Å². The first-order valence-corrected chi connectivity index (χ1v) is 50.7. The average Bonchev–Trinajstić information content (AvgIpc) is 1.26.